The number of carbonyl (C=O) groups excluding carboxylic acids is 1. The fourth-order valence-electron chi connectivity index (χ4n) is 3.65. The Bertz CT molecular complexity index is 1190. The Morgan fingerprint density at radius 1 is 1.17 bits per heavy atom. The van der Waals surface area contributed by atoms with E-state index in [-0.39, 0.29) is 24.2 Å². The van der Waals surface area contributed by atoms with E-state index in [0.717, 1.165) is 29.5 Å². The van der Waals surface area contributed by atoms with E-state index in [1.165, 1.54) is 6.07 Å². The van der Waals surface area contributed by atoms with Crippen LogP contribution in [-0.4, -0.2) is 28.9 Å². The first kappa shape index (κ1) is 19.2. The molecule has 3 aromatic rings. The smallest absolute Gasteiger partial charge is 0.238 e. The van der Waals surface area contributed by atoms with Gasteiger partial charge in [-0.2, -0.15) is 0 Å². The second kappa shape index (κ2) is 7.36. The summed E-state index contributed by atoms with van der Waals surface area (Å²) in [5, 5.41) is 2.35. The largest absolute Gasteiger partial charge is 0.358 e. The molecule has 0 bridgehead atoms. The molecule has 2 heterocycles. The summed E-state index contributed by atoms with van der Waals surface area (Å²) in [7, 11) is 0. The monoisotopic (exact) mass is 401 g/mol. The third-order valence-electron chi connectivity index (χ3n) is 5.13. The van der Waals surface area contributed by atoms with E-state index in [1.54, 1.807) is 17.9 Å². The molecule has 0 saturated carbocycles. The van der Waals surface area contributed by atoms with Crippen LogP contribution in [0.2, 0.25) is 0 Å². The number of nitrogens with zero attached hydrogens (tertiary/aromatic N) is 1. The van der Waals surface area contributed by atoms with Crippen molar-refractivity contribution >= 4 is 22.5 Å². The number of benzene rings is 2. The topological polar surface area (TPSA) is 65.2 Å². The Morgan fingerprint density at radius 2 is 1.93 bits per heavy atom. The molecule has 0 fully saturated rings. The zero-order valence-electron chi connectivity index (χ0n) is 15.6. The summed E-state index contributed by atoms with van der Waals surface area (Å²) in [6.07, 6.45) is 0.484. The number of nitrogens with one attached hydrogen (secondary N) is 2. The van der Waals surface area contributed by atoms with Crippen molar-refractivity contribution in [1.82, 2.24) is 9.88 Å². The van der Waals surface area contributed by atoms with Gasteiger partial charge in [-0.05, 0) is 30.7 Å². The van der Waals surface area contributed by atoms with Crippen molar-refractivity contribution in [3.63, 3.8) is 0 Å². The lowest BCUT2D eigenvalue weighted by atomic mass is 10.0. The van der Waals surface area contributed by atoms with Gasteiger partial charge >= 0.3 is 0 Å². The molecule has 0 atom stereocenters. The molecule has 8 heteroatoms. The summed E-state index contributed by atoms with van der Waals surface area (Å²) < 4.78 is 41.2. The van der Waals surface area contributed by atoms with Gasteiger partial charge in [0.2, 0.25) is 5.91 Å². The highest BCUT2D eigenvalue weighted by molar-refractivity contribution is 5.92. The highest BCUT2D eigenvalue weighted by Crippen LogP contribution is 2.22. The minimum atomic E-state index is -0.738. The maximum absolute atomic E-state index is 14.3. The molecule has 1 aliphatic rings. The summed E-state index contributed by atoms with van der Waals surface area (Å²) in [6.45, 7) is 2.34. The summed E-state index contributed by atoms with van der Waals surface area (Å²) in [5.41, 5.74) is 1.77. The number of aromatic amines is 1. The number of amides is 1. The minimum absolute atomic E-state index is 0.0110. The number of hydrogen-bond donors (Lipinski definition) is 2. The lowest BCUT2D eigenvalue weighted by Crippen LogP contribution is -2.39. The van der Waals surface area contributed by atoms with Crippen LogP contribution in [0.1, 0.15) is 16.8 Å². The Kier molecular flexibility index (Phi) is 4.87. The van der Waals surface area contributed by atoms with Crippen LogP contribution >= 0.6 is 0 Å². The molecule has 0 saturated heterocycles. The van der Waals surface area contributed by atoms with Crippen molar-refractivity contribution in [2.45, 2.75) is 19.9 Å². The van der Waals surface area contributed by atoms with Gasteiger partial charge in [-0.15, -0.1) is 0 Å². The first-order valence-electron chi connectivity index (χ1n) is 9.13. The van der Waals surface area contributed by atoms with Crippen LogP contribution in [0.25, 0.3) is 10.9 Å². The molecule has 0 radical (unpaired) electrons. The molecule has 0 unspecified atom stereocenters. The van der Waals surface area contributed by atoms with Crippen molar-refractivity contribution in [2.24, 2.45) is 0 Å². The molecule has 0 spiro atoms. The van der Waals surface area contributed by atoms with Crippen LogP contribution in [0.3, 0.4) is 0 Å². The lowest BCUT2D eigenvalue weighted by molar-refractivity contribution is -0.117. The first-order chi connectivity index (χ1) is 13.8. The van der Waals surface area contributed by atoms with Crippen molar-refractivity contribution in [1.29, 1.82) is 0 Å². The Hall–Kier alpha value is -3.13. The molecule has 29 heavy (non-hydrogen) atoms. The molecule has 150 valence electrons. The summed E-state index contributed by atoms with van der Waals surface area (Å²) in [5.74, 6) is -2.52. The maximum Gasteiger partial charge on any atom is 0.238 e. The van der Waals surface area contributed by atoms with Gasteiger partial charge in [0.15, 0.2) is 5.43 Å². The number of halogens is 3. The standard InChI is InChI=1S/C21H18F3N3O2/c1-11-2-4-15(24)19-20(11)26-16-6-7-27(9-13(16)21(19)29)10-18(28)25-17-8-12(22)3-5-14(17)23/h2-5,8H,6-7,9-10H2,1H3,(H,25,28)(H,26,29). The Morgan fingerprint density at radius 3 is 2.72 bits per heavy atom. The van der Waals surface area contributed by atoms with E-state index in [4.69, 9.17) is 0 Å². The summed E-state index contributed by atoms with van der Waals surface area (Å²) in [4.78, 5) is 30.0. The van der Waals surface area contributed by atoms with Gasteiger partial charge in [-0.1, -0.05) is 6.07 Å². The molecule has 0 aliphatic carbocycles. The highest BCUT2D eigenvalue weighted by atomic mass is 19.1. The number of carbonyl (C=O) groups is 1. The third kappa shape index (κ3) is 3.63. The van der Waals surface area contributed by atoms with E-state index in [9.17, 15) is 22.8 Å². The van der Waals surface area contributed by atoms with Crippen molar-refractivity contribution in [2.75, 3.05) is 18.4 Å². The normalized spacial score (nSPS) is 14.1. The number of fused-ring (bicyclic) bond motifs is 2. The number of anilines is 1. The van der Waals surface area contributed by atoms with Gasteiger partial charge in [0.1, 0.15) is 17.5 Å². The van der Waals surface area contributed by atoms with Gasteiger partial charge < -0.3 is 10.3 Å². The average molecular weight is 401 g/mol. The van der Waals surface area contributed by atoms with Crippen molar-refractivity contribution < 1.29 is 18.0 Å². The van der Waals surface area contributed by atoms with Crippen LogP contribution < -0.4 is 10.7 Å². The fourth-order valence-corrected chi connectivity index (χ4v) is 3.65. The predicted molar refractivity (Wildman–Crippen MR) is 103 cm³/mol. The Balaban J connectivity index is 1.56. The number of rotatable bonds is 3. The quantitative estimate of drug-likeness (QED) is 0.708. The molecular weight excluding hydrogens is 383 g/mol. The zero-order valence-corrected chi connectivity index (χ0v) is 15.6. The third-order valence-corrected chi connectivity index (χ3v) is 5.13. The van der Waals surface area contributed by atoms with Crippen LogP contribution in [0.15, 0.2) is 35.1 Å². The zero-order chi connectivity index (χ0) is 20.7. The summed E-state index contributed by atoms with van der Waals surface area (Å²) in [6, 6.07) is 5.68. The SMILES string of the molecule is Cc1ccc(F)c2c(=O)c3c([nH]c12)CCN(CC(=O)Nc1cc(F)ccc1F)C3. The predicted octanol–water partition coefficient (Wildman–Crippen LogP) is 3.25. The average Bonchev–Trinajstić information content (AvgIpc) is 2.68. The molecule has 1 aliphatic heterocycles. The van der Waals surface area contributed by atoms with Crippen molar-refractivity contribution in [3.05, 3.63) is 74.8 Å². The van der Waals surface area contributed by atoms with E-state index in [0.29, 0.717) is 24.0 Å². The number of H-pyrrole nitrogens is 1. The minimum Gasteiger partial charge on any atom is -0.358 e. The van der Waals surface area contributed by atoms with Gasteiger partial charge in [0, 0.05) is 36.8 Å². The van der Waals surface area contributed by atoms with Gasteiger partial charge in [0.05, 0.1) is 23.1 Å². The van der Waals surface area contributed by atoms with E-state index in [1.807, 2.05) is 0 Å². The molecule has 1 amide bonds. The first-order valence-corrected chi connectivity index (χ1v) is 9.13. The molecule has 5 nitrogen and oxygen atoms in total. The number of hydrogen-bond acceptors (Lipinski definition) is 3. The second-order valence-corrected chi connectivity index (χ2v) is 7.16. The molecular formula is C21H18F3N3O2. The lowest BCUT2D eigenvalue weighted by Gasteiger charge is -2.28. The van der Waals surface area contributed by atoms with Gasteiger partial charge in [-0.25, -0.2) is 13.2 Å². The van der Waals surface area contributed by atoms with Gasteiger partial charge in [-0.3, -0.25) is 14.5 Å². The summed E-state index contributed by atoms with van der Waals surface area (Å²) >= 11 is 0. The van der Waals surface area contributed by atoms with E-state index in [2.05, 4.69) is 10.3 Å². The molecule has 2 N–H and O–H groups in total. The van der Waals surface area contributed by atoms with E-state index >= 15 is 0 Å². The van der Waals surface area contributed by atoms with Gasteiger partial charge in [0.25, 0.3) is 0 Å². The van der Waals surface area contributed by atoms with E-state index < -0.39 is 28.8 Å². The molecule has 4 rings (SSSR count). The fraction of sp³-hybridized carbons (Fsp3) is 0.238. The van der Waals surface area contributed by atoms with Crippen LogP contribution in [0.4, 0.5) is 18.9 Å². The highest BCUT2D eigenvalue weighted by Gasteiger charge is 2.24. The van der Waals surface area contributed by atoms with Crippen LogP contribution in [0, 0.1) is 24.4 Å². The number of pyridine rings is 1. The van der Waals surface area contributed by atoms with Crippen LogP contribution in [-0.2, 0) is 17.8 Å². The second-order valence-electron chi connectivity index (χ2n) is 7.16. The maximum atomic E-state index is 14.3. The number of aromatic nitrogens is 1. The number of aryl methyl sites for hydroxylation is 1. The molecule has 2 aromatic carbocycles. The Labute approximate surface area is 164 Å². The molecule has 1 aromatic heterocycles. The van der Waals surface area contributed by atoms with Crippen molar-refractivity contribution in [3.8, 4) is 0 Å². The van der Waals surface area contributed by atoms with Crippen LogP contribution in [0.5, 0.6) is 0 Å².